The van der Waals surface area contributed by atoms with Crippen LogP contribution in [0.1, 0.15) is 25.3 Å². The van der Waals surface area contributed by atoms with Crippen LogP contribution in [0.3, 0.4) is 0 Å². The van der Waals surface area contributed by atoms with E-state index in [-0.39, 0.29) is 17.9 Å². The first kappa shape index (κ1) is 16.3. The summed E-state index contributed by atoms with van der Waals surface area (Å²) in [4.78, 5) is 12.3. The number of rotatable bonds is 5. The number of benzene rings is 1. The van der Waals surface area contributed by atoms with E-state index in [1.165, 1.54) is 0 Å². The summed E-state index contributed by atoms with van der Waals surface area (Å²) in [5.41, 5.74) is 1.89. The van der Waals surface area contributed by atoms with E-state index in [9.17, 15) is 4.79 Å². The molecule has 0 aliphatic carbocycles. The van der Waals surface area contributed by atoms with Gasteiger partial charge in [-0.3, -0.25) is 4.79 Å². The molecular weight excluding hydrogens is 292 g/mol. The smallest absolute Gasteiger partial charge is 0.227 e. The SMILES string of the molecule is Cc1cc(NC(=O)C(C)C2CNC2)ccc1OC1CCOCC1. The summed E-state index contributed by atoms with van der Waals surface area (Å²) in [6.07, 6.45) is 2.10. The Bertz CT molecular complexity index is 551. The van der Waals surface area contributed by atoms with Gasteiger partial charge >= 0.3 is 0 Å². The Morgan fingerprint density at radius 3 is 2.70 bits per heavy atom. The van der Waals surface area contributed by atoms with Gasteiger partial charge in [-0.25, -0.2) is 0 Å². The number of ether oxygens (including phenoxy) is 2. The zero-order chi connectivity index (χ0) is 16.2. The summed E-state index contributed by atoms with van der Waals surface area (Å²) in [7, 11) is 0. The lowest BCUT2D eigenvalue weighted by Crippen LogP contribution is -2.48. The van der Waals surface area contributed by atoms with Gasteiger partial charge in [0.25, 0.3) is 0 Å². The second kappa shape index (κ2) is 7.32. The molecule has 2 fully saturated rings. The van der Waals surface area contributed by atoms with Crippen LogP contribution in [0.25, 0.3) is 0 Å². The van der Waals surface area contributed by atoms with Gasteiger partial charge in [0, 0.05) is 24.4 Å². The van der Waals surface area contributed by atoms with Crippen LogP contribution in [0.5, 0.6) is 5.75 Å². The maximum atomic E-state index is 12.3. The molecule has 0 radical (unpaired) electrons. The predicted molar refractivity (Wildman–Crippen MR) is 89.8 cm³/mol. The molecule has 1 amide bonds. The fraction of sp³-hybridized carbons (Fsp3) is 0.611. The fourth-order valence-electron chi connectivity index (χ4n) is 2.97. The lowest BCUT2D eigenvalue weighted by Gasteiger charge is -2.31. The van der Waals surface area contributed by atoms with E-state index in [0.29, 0.717) is 5.92 Å². The lowest BCUT2D eigenvalue weighted by molar-refractivity contribution is -0.121. The predicted octanol–water partition coefficient (Wildman–Crippen LogP) is 2.35. The van der Waals surface area contributed by atoms with Crippen molar-refractivity contribution in [1.29, 1.82) is 0 Å². The number of aryl methyl sites for hydroxylation is 1. The molecule has 2 heterocycles. The first-order valence-corrected chi connectivity index (χ1v) is 8.50. The van der Waals surface area contributed by atoms with Gasteiger partial charge in [-0.15, -0.1) is 0 Å². The summed E-state index contributed by atoms with van der Waals surface area (Å²) in [6, 6.07) is 5.86. The highest BCUT2D eigenvalue weighted by Crippen LogP contribution is 2.26. The first-order chi connectivity index (χ1) is 11.1. The zero-order valence-corrected chi connectivity index (χ0v) is 13.9. The Morgan fingerprint density at radius 1 is 1.35 bits per heavy atom. The van der Waals surface area contributed by atoms with Crippen molar-refractivity contribution >= 4 is 11.6 Å². The van der Waals surface area contributed by atoms with Crippen LogP contribution in [0, 0.1) is 18.8 Å². The van der Waals surface area contributed by atoms with Crippen molar-refractivity contribution in [1.82, 2.24) is 5.32 Å². The average Bonchev–Trinajstić information content (AvgIpc) is 2.49. The van der Waals surface area contributed by atoms with E-state index >= 15 is 0 Å². The summed E-state index contributed by atoms with van der Waals surface area (Å²) < 4.78 is 11.4. The van der Waals surface area contributed by atoms with E-state index in [1.54, 1.807) is 0 Å². The maximum absolute atomic E-state index is 12.3. The molecule has 2 N–H and O–H groups in total. The monoisotopic (exact) mass is 318 g/mol. The summed E-state index contributed by atoms with van der Waals surface area (Å²) in [5, 5.41) is 6.23. The Kier molecular flexibility index (Phi) is 5.18. The minimum Gasteiger partial charge on any atom is -0.490 e. The molecule has 1 unspecified atom stereocenters. The number of carbonyl (C=O) groups is 1. The molecule has 0 spiro atoms. The number of nitrogens with one attached hydrogen (secondary N) is 2. The van der Waals surface area contributed by atoms with Gasteiger partial charge in [0.15, 0.2) is 0 Å². The van der Waals surface area contributed by atoms with Crippen molar-refractivity contribution in [3.05, 3.63) is 23.8 Å². The second-order valence-electron chi connectivity index (χ2n) is 6.61. The van der Waals surface area contributed by atoms with Crippen LogP contribution in [0.2, 0.25) is 0 Å². The van der Waals surface area contributed by atoms with Crippen molar-refractivity contribution in [2.24, 2.45) is 11.8 Å². The van der Waals surface area contributed by atoms with Crippen molar-refractivity contribution in [3.8, 4) is 5.75 Å². The molecule has 2 aliphatic rings. The number of amides is 1. The molecule has 1 atom stereocenters. The third-order valence-corrected chi connectivity index (χ3v) is 4.84. The van der Waals surface area contributed by atoms with E-state index in [1.807, 2.05) is 32.0 Å². The van der Waals surface area contributed by atoms with Gasteiger partial charge in [-0.05, 0) is 49.7 Å². The quantitative estimate of drug-likeness (QED) is 0.875. The van der Waals surface area contributed by atoms with Crippen molar-refractivity contribution in [3.63, 3.8) is 0 Å². The number of carbonyl (C=O) groups excluding carboxylic acids is 1. The molecule has 5 heteroatoms. The van der Waals surface area contributed by atoms with Gasteiger partial charge in [0.2, 0.25) is 5.91 Å². The molecule has 5 nitrogen and oxygen atoms in total. The number of hydrogen-bond acceptors (Lipinski definition) is 4. The van der Waals surface area contributed by atoms with E-state index in [2.05, 4.69) is 10.6 Å². The Balaban J connectivity index is 1.58. The van der Waals surface area contributed by atoms with Gasteiger partial charge in [-0.2, -0.15) is 0 Å². The maximum Gasteiger partial charge on any atom is 0.227 e. The first-order valence-electron chi connectivity index (χ1n) is 8.50. The van der Waals surface area contributed by atoms with Crippen LogP contribution in [0.15, 0.2) is 18.2 Å². The highest BCUT2D eigenvalue weighted by Gasteiger charge is 2.28. The summed E-state index contributed by atoms with van der Waals surface area (Å²) in [5.74, 6) is 1.47. The minimum absolute atomic E-state index is 0.0368. The Hall–Kier alpha value is -1.59. The highest BCUT2D eigenvalue weighted by atomic mass is 16.5. The lowest BCUT2D eigenvalue weighted by atomic mass is 9.88. The van der Waals surface area contributed by atoms with Crippen LogP contribution in [0.4, 0.5) is 5.69 Å². The van der Waals surface area contributed by atoms with E-state index in [4.69, 9.17) is 9.47 Å². The van der Waals surface area contributed by atoms with Crippen LogP contribution in [-0.2, 0) is 9.53 Å². The third kappa shape index (κ3) is 4.03. The Labute approximate surface area is 137 Å². The van der Waals surface area contributed by atoms with Gasteiger partial charge in [-0.1, -0.05) is 6.92 Å². The molecule has 23 heavy (non-hydrogen) atoms. The molecule has 0 aromatic heterocycles. The second-order valence-corrected chi connectivity index (χ2v) is 6.61. The summed E-state index contributed by atoms with van der Waals surface area (Å²) >= 11 is 0. The van der Waals surface area contributed by atoms with Crippen LogP contribution >= 0.6 is 0 Å². The molecule has 2 aliphatic heterocycles. The van der Waals surface area contributed by atoms with Crippen LogP contribution in [-0.4, -0.2) is 38.3 Å². The molecule has 2 saturated heterocycles. The average molecular weight is 318 g/mol. The van der Waals surface area contributed by atoms with Crippen molar-refractivity contribution < 1.29 is 14.3 Å². The Morgan fingerprint density at radius 2 is 2.09 bits per heavy atom. The van der Waals surface area contributed by atoms with Gasteiger partial charge in [0.05, 0.1) is 13.2 Å². The molecule has 1 aromatic rings. The summed E-state index contributed by atoms with van der Waals surface area (Å²) in [6.45, 7) is 7.43. The highest BCUT2D eigenvalue weighted by molar-refractivity contribution is 5.92. The number of anilines is 1. The zero-order valence-electron chi connectivity index (χ0n) is 13.9. The van der Waals surface area contributed by atoms with E-state index < -0.39 is 0 Å². The number of hydrogen-bond donors (Lipinski definition) is 2. The van der Waals surface area contributed by atoms with Crippen molar-refractivity contribution in [2.45, 2.75) is 32.8 Å². The molecular formula is C18H26N2O3. The topological polar surface area (TPSA) is 59.6 Å². The third-order valence-electron chi connectivity index (χ3n) is 4.84. The van der Waals surface area contributed by atoms with E-state index in [0.717, 1.165) is 56.1 Å². The van der Waals surface area contributed by atoms with Gasteiger partial charge < -0.3 is 20.1 Å². The molecule has 126 valence electrons. The molecule has 0 bridgehead atoms. The standard InChI is InChI=1S/C18H26N2O3/c1-12-9-15(20-18(21)13(2)14-10-19-11-14)3-4-17(12)23-16-5-7-22-8-6-16/h3-4,9,13-14,16,19H,5-8,10-11H2,1-2H3,(H,20,21). The molecule has 0 saturated carbocycles. The molecule has 1 aromatic carbocycles. The normalized spacial score (nSPS) is 20.6. The minimum atomic E-state index is 0.0368. The van der Waals surface area contributed by atoms with Crippen LogP contribution < -0.4 is 15.4 Å². The fourth-order valence-corrected chi connectivity index (χ4v) is 2.97. The largest absolute Gasteiger partial charge is 0.490 e. The molecule has 3 rings (SSSR count). The van der Waals surface area contributed by atoms with Gasteiger partial charge in [0.1, 0.15) is 11.9 Å². The van der Waals surface area contributed by atoms with Crippen molar-refractivity contribution in [2.75, 3.05) is 31.6 Å².